The zero-order valence-electron chi connectivity index (χ0n) is 11.6. The molecule has 0 atom stereocenters. The van der Waals surface area contributed by atoms with Crippen molar-refractivity contribution in [1.29, 1.82) is 0 Å². The van der Waals surface area contributed by atoms with Crippen molar-refractivity contribution in [1.82, 2.24) is 20.1 Å². The highest BCUT2D eigenvalue weighted by molar-refractivity contribution is 5.60. The standard InChI is InChI=1S/C15H14N4O/c1-9-5-4-6-12(7-9)14-18-15(20-19-14)13-8-16-11(3)17-10(13)2/h4-8H,1-3H3. The highest BCUT2D eigenvalue weighted by Gasteiger charge is 2.13. The molecule has 0 unspecified atom stereocenters. The number of aromatic nitrogens is 4. The molecule has 0 aliphatic carbocycles. The third-order valence-electron chi connectivity index (χ3n) is 3.03. The highest BCUT2D eigenvalue weighted by Crippen LogP contribution is 2.23. The van der Waals surface area contributed by atoms with Crippen molar-refractivity contribution in [3.8, 4) is 22.8 Å². The van der Waals surface area contributed by atoms with Crippen LogP contribution < -0.4 is 0 Å². The van der Waals surface area contributed by atoms with E-state index in [1.807, 2.05) is 45.0 Å². The van der Waals surface area contributed by atoms with Crippen LogP contribution in [0.15, 0.2) is 35.0 Å². The second-order valence-corrected chi connectivity index (χ2v) is 4.71. The molecule has 0 N–H and O–H groups in total. The maximum absolute atomic E-state index is 5.32. The lowest BCUT2D eigenvalue weighted by atomic mass is 10.1. The first-order chi connectivity index (χ1) is 9.63. The number of hydrogen-bond acceptors (Lipinski definition) is 5. The lowest BCUT2D eigenvalue weighted by molar-refractivity contribution is 0.431. The largest absolute Gasteiger partial charge is 0.333 e. The minimum absolute atomic E-state index is 0.444. The summed E-state index contributed by atoms with van der Waals surface area (Å²) in [6.45, 7) is 5.78. The Labute approximate surface area is 116 Å². The van der Waals surface area contributed by atoms with Gasteiger partial charge < -0.3 is 4.52 Å². The number of aryl methyl sites for hydroxylation is 3. The summed E-state index contributed by atoms with van der Waals surface area (Å²) in [6, 6.07) is 7.98. The van der Waals surface area contributed by atoms with Crippen LogP contribution in [0.25, 0.3) is 22.8 Å². The van der Waals surface area contributed by atoms with E-state index in [1.165, 1.54) is 0 Å². The van der Waals surface area contributed by atoms with E-state index in [9.17, 15) is 0 Å². The Morgan fingerprint density at radius 1 is 1.05 bits per heavy atom. The molecule has 100 valence electrons. The summed E-state index contributed by atoms with van der Waals surface area (Å²) in [5.74, 6) is 1.74. The van der Waals surface area contributed by atoms with Gasteiger partial charge in [0.05, 0.1) is 11.3 Å². The van der Waals surface area contributed by atoms with Crippen LogP contribution in [0.3, 0.4) is 0 Å². The predicted molar refractivity (Wildman–Crippen MR) is 75.0 cm³/mol. The number of nitrogens with zero attached hydrogens (tertiary/aromatic N) is 4. The van der Waals surface area contributed by atoms with Gasteiger partial charge >= 0.3 is 0 Å². The molecule has 0 amide bonds. The third-order valence-corrected chi connectivity index (χ3v) is 3.03. The summed E-state index contributed by atoms with van der Waals surface area (Å²) in [4.78, 5) is 12.9. The van der Waals surface area contributed by atoms with Gasteiger partial charge in [-0.15, -0.1) is 0 Å². The first-order valence-electron chi connectivity index (χ1n) is 6.35. The van der Waals surface area contributed by atoms with Crippen LogP contribution in [0.4, 0.5) is 0 Å². The molecule has 20 heavy (non-hydrogen) atoms. The fourth-order valence-electron chi connectivity index (χ4n) is 2.03. The molecule has 0 fully saturated rings. The van der Waals surface area contributed by atoms with E-state index < -0.39 is 0 Å². The minimum atomic E-state index is 0.444. The van der Waals surface area contributed by atoms with Crippen LogP contribution >= 0.6 is 0 Å². The first kappa shape index (κ1) is 12.5. The molecule has 3 aromatic rings. The molecule has 2 aromatic heterocycles. The van der Waals surface area contributed by atoms with Gasteiger partial charge in [-0.2, -0.15) is 4.98 Å². The Morgan fingerprint density at radius 3 is 2.65 bits per heavy atom. The van der Waals surface area contributed by atoms with Crippen molar-refractivity contribution in [2.75, 3.05) is 0 Å². The van der Waals surface area contributed by atoms with E-state index in [4.69, 9.17) is 4.52 Å². The monoisotopic (exact) mass is 266 g/mol. The third kappa shape index (κ3) is 2.30. The fourth-order valence-corrected chi connectivity index (χ4v) is 2.03. The molecule has 2 heterocycles. The molecule has 0 saturated carbocycles. The van der Waals surface area contributed by atoms with Gasteiger partial charge in [-0.25, -0.2) is 9.97 Å². The minimum Gasteiger partial charge on any atom is -0.333 e. The average Bonchev–Trinajstić information content (AvgIpc) is 2.88. The van der Waals surface area contributed by atoms with Gasteiger partial charge in [-0.05, 0) is 26.8 Å². The van der Waals surface area contributed by atoms with Gasteiger partial charge in [-0.1, -0.05) is 28.9 Å². The van der Waals surface area contributed by atoms with Crippen LogP contribution in [0.5, 0.6) is 0 Å². The summed E-state index contributed by atoms with van der Waals surface area (Å²) in [5, 5.41) is 4.03. The molecule has 3 rings (SSSR count). The van der Waals surface area contributed by atoms with Crippen molar-refractivity contribution in [2.24, 2.45) is 0 Å². The van der Waals surface area contributed by atoms with Crippen molar-refractivity contribution in [3.63, 3.8) is 0 Å². The maximum atomic E-state index is 5.32. The number of benzene rings is 1. The van der Waals surface area contributed by atoms with Crippen molar-refractivity contribution < 1.29 is 4.52 Å². The summed E-state index contributed by atoms with van der Waals surface area (Å²) in [7, 11) is 0. The van der Waals surface area contributed by atoms with E-state index >= 15 is 0 Å². The lowest BCUT2D eigenvalue weighted by Gasteiger charge is -1.99. The van der Waals surface area contributed by atoms with Gasteiger partial charge in [0.15, 0.2) is 0 Å². The lowest BCUT2D eigenvalue weighted by Crippen LogP contribution is -1.94. The fraction of sp³-hybridized carbons (Fsp3) is 0.200. The summed E-state index contributed by atoms with van der Waals surface area (Å²) >= 11 is 0. The number of rotatable bonds is 2. The Balaban J connectivity index is 2.02. The second kappa shape index (κ2) is 4.85. The maximum Gasteiger partial charge on any atom is 0.261 e. The van der Waals surface area contributed by atoms with E-state index in [2.05, 4.69) is 20.1 Å². The predicted octanol–water partition coefficient (Wildman–Crippen LogP) is 3.12. The molecule has 0 spiro atoms. The van der Waals surface area contributed by atoms with Crippen LogP contribution in [0.2, 0.25) is 0 Å². The van der Waals surface area contributed by atoms with Crippen molar-refractivity contribution >= 4 is 0 Å². The van der Waals surface area contributed by atoms with Crippen LogP contribution in [0.1, 0.15) is 17.1 Å². The summed E-state index contributed by atoms with van der Waals surface area (Å²) in [6.07, 6.45) is 1.71. The van der Waals surface area contributed by atoms with E-state index in [0.29, 0.717) is 11.7 Å². The molecule has 0 radical (unpaired) electrons. The smallest absolute Gasteiger partial charge is 0.261 e. The Kier molecular flexibility index (Phi) is 3.02. The molecule has 0 saturated heterocycles. The molecule has 5 nitrogen and oxygen atoms in total. The van der Waals surface area contributed by atoms with Gasteiger partial charge in [0, 0.05) is 11.8 Å². The topological polar surface area (TPSA) is 64.7 Å². The summed E-state index contributed by atoms with van der Waals surface area (Å²) < 4.78 is 5.32. The second-order valence-electron chi connectivity index (χ2n) is 4.71. The zero-order valence-corrected chi connectivity index (χ0v) is 11.6. The highest BCUT2D eigenvalue weighted by atomic mass is 16.5. The molecule has 1 aromatic carbocycles. The molecule has 0 aliphatic heterocycles. The Hall–Kier alpha value is -2.56. The van der Waals surface area contributed by atoms with Gasteiger partial charge in [0.1, 0.15) is 5.82 Å². The number of hydrogen-bond donors (Lipinski definition) is 0. The Morgan fingerprint density at radius 2 is 1.90 bits per heavy atom. The molecule has 5 heteroatoms. The van der Waals surface area contributed by atoms with Crippen LogP contribution in [-0.2, 0) is 0 Å². The quantitative estimate of drug-likeness (QED) is 0.713. The Bertz CT molecular complexity index is 764. The van der Waals surface area contributed by atoms with Gasteiger partial charge in [0.2, 0.25) is 5.82 Å². The summed E-state index contributed by atoms with van der Waals surface area (Å²) in [5.41, 5.74) is 3.69. The van der Waals surface area contributed by atoms with E-state index in [0.717, 1.165) is 28.2 Å². The average molecular weight is 266 g/mol. The molecular weight excluding hydrogens is 252 g/mol. The zero-order chi connectivity index (χ0) is 14.1. The van der Waals surface area contributed by atoms with Gasteiger partial charge in [-0.3, -0.25) is 0 Å². The first-order valence-corrected chi connectivity index (χ1v) is 6.35. The van der Waals surface area contributed by atoms with Crippen molar-refractivity contribution in [3.05, 3.63) is 47.5 Å². The van der Waals surface area contributed by atoms with E-state index in [-0.39, 0.29) is 0 Å². The SMILES string of the molecule is Cc1cccc(-c2noc(-c3cnc(C)nc3C)n2)c1. The van der Waals surface area contributed by atoms with Crippen LogP contribution in [0, 0.1) is 20.8 Å². The van der Waals surface area contributed by atoms with E-state index in [1.54, 1.807) is 6.20 Å². The molecule has 0 aliphatic rings. The van der Waals surface area contributed by atoms with Crippen molar-refractivity contribution in [2.45, 2.75) is 20.8 Å². The van der Waals surface area contributed by atoms with Gasteiger partial charge in [0.25, 0.3) is 5.89 Å². The molecule has 0 bridgehead atoms. The molecular formula is C15H14N4O. The van der Waals surface area contributed by atoms with Crippen LogP contribution in [-0.4, -0.2) is 20.1 Å². The normalized spacial score (nSPS) is 10.8.